The Morgan fingerprint density at radius 2 is 1.74 bits per heavy atom. The molecule has 0 saturated carbocycles. The fourth-order valence-electron chi connectivity index (χ4n) is 4.87. The highest BCUT2D eigenvalue weighted by Gasteiger charge is 2.47. The van der Waals surface area contributed by atoms with Crippen molar-refractivity contribution >= 4 is 18.0 Å². The van der Waals surface area contributed by atoms with E-state index in [2.05, 4.69) is 29.6 Å². The van der Waals surface area contributed by atoms with Gasteiger partial charge in [-0.2, -0.15) is 0 Å². The van der Waals surface area contributed by atoms with E-state index in [0.717, 1.165) is 11.1 Å². The summed E-state index contributed by atoms with van der Waals surface area (Å²) < 4.78 is 10.7. The second-order valence-corrected chi connectivity index (χ2v) is 8.96. The highest BCUT2D eigenvalue weighted by Crippen LogP contribution is 2.44. The normalized spacial score (nSPS) is 19.9. The minimum Gasteiger partial charge on any atom is -0.479 e. The third-order valence-electron chi connectivity index (χ3n) is 6.94. The molecular weight excluding hydrogens is 436 g/mol. The van der Waals surface area contributed by atoms with E-state index >= 15 is 0 Å². The molecule has 8 heteroatoms. The number of carbonyl (C=O) groups is 3. The number of ether oxygens (including phenoxy) is 2. The summed E-state index contributed by atoms with van der Waals surface area (Å²) in [7, 11) is 1.35. The fourth-order valence-corrected chi connectivity index (χ4v) is 4.87. The smallest absolute Gasteiger partial charge is 0.407 e. The zero-order valence-corrected chi connectivity index (χ0v) is 19.5. The van der Waals surface area contributed by atoms with Gasteiger partial charge in [0.2, 0.25) is 5.91 Å². The number of carboxylic acids is 1. The van der Waals surface area contributed by atoms with Gasteiger partial charge in [0.25, 0.3) is 0 Å². The molecule has 1 heterocycles. The van der Waals surface area contributed by atoms with E-state index in [4.69, 9.17) is 9.47 Å². The highest BCUT2D eigenvalue weighted by atomic mass is 16.5. The molecule has 0 spiro atoms. The van der Waals surface area contributed by atoms with Crippen molar-refractivity contribution in [3.63, 3.8) is 0 Å². The Kier molecular flexibility index (Phi) is 6.88. The third kappa shape index (κ3) is 4.50. The van der Waals surface area contributed by atoms with Crippen LogP contribution in [0.5, 0.6) is 0 Å². The molecule has 0 bridgehead atoms. The molecule has 2 aliphatic rings. The van der Waals surface area contributed by atoms with Crippen molar-refractivity contribution in [2.75, 3.05) is 33.4 Å². The number of aliphatic carboxylic acids is 1. The molecule has 2 aromatic carbocycles. The van der Waals surface area contributed by atoms with Crippen molar-refractivity contribution in [1.82, 2.24) is 10.2 Å². The number of carbonyl (C=O) groups excluding carboxylic acids is 2. The predicted octanol–water partition coefficient (Wildman–Crippen LogP) is 3.25. The number of rotatable bonds is 8. The van der Waals surface area contributed by atoms with E-state index in [0.29, 0.717) is 13.0 Å². The number of methoxy groups -OCH3 is 1. The maximum atomic E-state index is 12.7. The van der Waals surface area contributed by atoms with Gasteiger partial charge in [-0.1, -0.05) is 55.5 Å². The van der Waals surface area contributed by atoms with Crippen LogP contribution in [0.25, 0.3) is 11.1 Å². The first-order valence-corrected chi connectivity index (χ1v) is 11.5. The third-order valence-corrected chi connectivity index (χ3v) is 6.94. The van der Waals surface area contributed by atoms with Gasteiger partial charge in [0.1, 0.15) is 6.61 Å². The Balaban J connectivity index is 1.25. The molecule has 0 aromatic heterocycles. The lowest BCUT2D eigenvalue weighted by Gasteiger charge is -2.24. The summed E-state index contributed by atoms with van der Waals surface area (Å²) in [5, 5.41) is 12.1. The van der Waals surface area contributed by atoms with Crippen molar-refractivity contribution in [2.24, 2.45) is 5.92 Å². The van der Waals surface area contributed by atoms with Crippen LogP contribution in [0.3, 0.4) is 0 Å². The molecule has 2 atom stereocenters. The van der Waals surface area contributed by atoms with Crippen LogP contribution < -0.4 is 5.32 Å². The lowest BCUT2D eigenvalue weighted by Crippen LogP contribution is -2.45. The minimum absolute atomic E-state index is 0.0101. The second kappa shape index (κ2) is 9.85. The zero-order valence-electron chi connectivity index (χ0n) is 19.5. The molecule has 4 rings (SSSR count). The Morgan fingerprint density at radius 3 is 2.29 bits per heavy atom. The fraction of sp³-hybridized carbons (Fsp3) is 0.423. The number of nitrogens with zero attached hydrogens (tertiary/aromatic N) is 1. The molecule has 2 N–H and O–H groups in total. The van der Waals surface area contributed by atoms with E-state index in [-0.39, 0.29) is 43.9 Å². The van der Waals surface area contributed by atoms with Crippen LogP contribution in [0.15, 0.2) is 48.5 Å². The van der Waals surface area contributed by atoms with Gasteiger partial charge in [0.05, 0.1) is 6.54 Å². The van der Waals surface area contributed by atoms with Crippen LogP contribution in [0.1, 0.15) is 36.8 Å². The van der Waals surface area contributed by atoms with Crippen molar-refractivity contribution in [1.29, 1.82) is 0 Å². The van der Waals surface area contributed by atoms with Crippen molar-refractivity contribution in [3.8, 4) is 11.1 Å². The second-order valence-electron chi connectivity index (χ2n) is 8.96. The van der Waals surface area contributed by atoms with Gasteiger partial charge < -0.3 is 24.8 Å². The summed E-state index contributed by atoms with van der Waals surface area (Å²) in [6.45, 7) is 2.66. The van der Waals surface area contributed by atoms with E-state index in [1.165, 1.54) is 23.1 Å². The van der Waals surface area contributed by atoms with Crippen LogP contribution in [0.2, 0.25) is 0 Å². The number of fused-ring (bicyclic) bond motifs is 3. The van der Waals surface area contributed by atoms with Gasteiger partial charge in [-0.3, -0.25) is 4.79 Å². The molecule has 1 saturated heterocycles. The standard InChI is InChI=1S/C26H30N2O6/c1-17(23(29)28-14-12-26(16-28,33-2)24(30)31)11-13-27-25(32)34-15-22-20-9-5-3-7-18(20)19-8-4-6-10-21(19)22/h3-10,17,22H,11-16H2,1-2H3,(H,27,32)(H,30,31). The Labute approximate surface area is 198 Å². The number of hydrogen-bond donors (Lipinski definition) is 2. The number of likely N-dealkylation sites (tertiary alicyclic amines) is 1. The summed E-state index contributed by atoms with van der Waals surface area (Å²) in [5.74, 6) is -1.58. The molecule has 34 heavy (non-hydrogen) atoms. The summed E-state index contributed by atoms with van der Waals surface area (Å²) >= 11 is 0. The molecule has 2 aromatic rings. The zero-order chi connectivity index (χ0) is 24.3. The number of hydrogen-bond acceptors (Lipinski definition) is 5. The Hall–Kier alpha value is -3.39. The van der Waals surface area contributed by atoms with Gasteiger partial charge in [0.15, 0.2) is 5.60 Å². The molecule has 2 unspecified atom stereocenters. The monoisotopic (exact) mass is 466 g/mol. The van der Waals surface area contributed by atoms with Gasteiger partial charge in [-0.25, -0.2) is 9.59 Å². The lowest BCUT2D eigenvalue weighted by molar-refractivity contribution is -0.161. The van der Waals surface area contributed by atoms with Crippen molar-refractivity contribution in [3.05, 3.63) is 59.7 Å². The number of nitrogens with one attached hydrogen (secondary N) is 1. The number of carboxylic acid groups (broad SMARTS) is 1. The summed E-state index contributed by atoms with van der Waals surface area (Å²) in [4.78, 5) is 38.1. The molecule has 2 amide bonds. The average molecular weight is 467 g/mol. The number of amides is 2. The summed E-state index contributed by atoms with van der Waals surface area (Å²) in [5.41, 5.74) is 3.29. The minimum atomic E-state index is -1.34. The van der Waals surface area contributed by atoms with Crippen molar-refractivity contribution < 1.29 is 29.0 Å². The Bertz CT molecular complexity index is 1040. The topological polar surface area (TPSA) is 105 Å². The SMILES string of the molecule is COC1(C(=O)O)CCN(C(=O)C(C)CCNC(=O)OCC2c3ccccc3-c3ccccc32)C1. The van der Waals surface area contributed by atoms with Gasteiger partial charge in [-0.15, -0.1) is 0 Å². The van der Waals surface area contributed by atoms with Crippen LogP contribution in [-0.4, -0.2) is 66.9 Å². The van der Waals surface area contributed by atoms with Crippen LogP contribution in [-0.2, 0) is 19.1 Å². The lowest BCUT2D eigenvalue weighted by atomic mass is 9.98. The first kappa shape index (κ1) is 23.8. The quantitative estimate of drug-likeness (QED) is 0.619. The molecule has 180 valence electrons. The number of alkyl carbamates (subject to hydrolysis) is 1. The molecule has 0 radical (unpaired) electrons. The predicted molar refractivity (Wildman–Crippen MR) is 125 cm³/mol. The van der Waals surface area contributed by atoms with Crippen molar-refractivity contribution in [2.45, 2.75) is 31.3 Å². The number of benzene rings is 2. The van der Waals surface area contributed by atoms with Gasteiger partial charge in [-0.05, 0) is 28.7 Å². The molecule has 1 aliphatic heterocycles. The Morgan fingerprint density at radius 1 is 1.12 bits per heavy atom. The van der Waals surface area contributed by atoms with Gasteiger partial charge in [0, 0.05) is 38.5 Å². The average Bonchev–Trinajstić information content (AvgIpc) is 3.43. The maximum absolute atomic E-state index is 12.7. The van der Waals surface area contributed by atoms with E-state index in [9.17, 15) is 19.5 Å². The largest absolute Gasteiger partial charge is 0.479 e. The molecular formula is C26H30N2O6. The van der Waals surface area contributed by atoms with Crippen LogP contribution >= 0.6 is 0 Å². The molecule has 1 aliphatic carbocycles. The van der Waals surface area contributed by atoms with Gasteiger partial charge >= 0.3 is 12.1 Å². The summed E-state index contributed by atoms with van der Waals surface area (Å²) in [6.07, 6.45) is 0.161. The first-order chi connectivity index (χ1) is 16.4. The van der Waals surface area contributed by atoms with E-state index in [1.807, 2.05) is 24.3 Å². The first-order valence-electron chi connectivity index (χ1n) is 11.5. The highest BCUT2D eigenvalue weighted by molar-refractivity contribution is 5.83. The maximum Gasteiger partial charge on any atom is 0.407 e. The molecule has 8 nitrogen and oxygen atoms in total. The van der Waals surface area contributed by atoms with Crippen LogP contribution in [0.4, 0.5) is 4.79 Å². The summed E-state index contributed by atoms with van der Waals surface area (Å²) in [6, 6.07) is 16.3. The van der Waals surface area contributed by atoms with E-state index < -0.39 is 17.7 Å². The van der Waals surface area contributed by atoms with Crippen LogP contribution in [0, 0.1) is 5.92 Å². The van der Waals surface area contributed by atoms with E-state index in [1.54, 1.807) is 6.92 Å². The molecule has 1 fully saturated rings.